The molecule has 2 fully saturated rings. The maximum Gasteiger partial charge on any atom is 0.410 e. The van der Waals surface area contributed by atoms with Gasteiger partial charge in [-0.1, -0.05) is 40.0 Å². The van der Waals surface area contributed by atoms with Gasteiger partial charge in [0.05, 0.1) is 18.2 Å². The van der Waals surface area contributed by atoms with Gasteiger partial charge in [-0.3, -0.25) is 24.2 Å². The lowest BCUT2D eigenvalue weighted by Gasteiger charge is -2.35. The molecule has 4 unspecified atom stereocenters. The number of carbonyl (C=O) groups excluding carboxylic acids is 4. The quantitative estimate of drug-likeness (QED) is 0.354. The van der Waals surface area contributed by atoms with E-state index in [1.807, 2.05) is 0 Å². The number of carboxylic acids is 1. The largest absolute Gasteiger partial charge is 0.481 e. The molecular formula is C29H44N6O7. The molecule has 0 spiro atoms. The standard InChI is InChI=1S/C29H44N6O7/c1-28(2,3)22(25(38)32-20-16-35(15-18(20)26(39)40)27(41)42-29(4,5)6)34-24(37)21(17-10-8-7-9-11-17)33-23(36)19-14-30-12-13-31-19/h12-14,17-18,20-22H,7-11,15-16H2,1-6H3,(H,32,38)(H,33,36)(H,34,37)(H,39,40). The predicted octanol–water partition coefficient (Wildman–Crippen LogP) is 2.12. The fourth-order valence-corrected chi connectivity index (χ4v) is 5.35. The number of hydrogen-bond donors (Lipinski definition) is 4. The first kappa shape index (κ1) is 32.7. The Morgan fingerprint density at radius 2 is 1.62 bits per heavy atom. The van der Waals surface area contributed by atoms with Crippen LogP contribution in [0, 0.1) is 17.3 Å². The van der Waals surface area contributed by atoms with Crippen LogP contribution in [0.4, 0.5) is 4.79 Å². The zero-order valence-corrected chi connectivity index (χ0v) is 25.3. The van der Waals surface area contributed by atoms with Crippen LogP contribution in [0.3, 0.4) is 0 Å². The van der Waals surface area contributed by atoms with E-state index >= 15 is 0 Å². The molecule has 232 valence electrons. The van der Waals surface area contributed by atoms with Crippen LogP contribution in [-0.2, 0) is 19.1 Å². The second kappa shape index (κ2) is 13.5. The number of aliphatic carboxylic acids is 1. The Labute approximate surface area is 246 Å². The maximum atomic E-state index is 13.7. The number of aromatic nitrogens is 2. The zero-order chi connectivity index (χ0) is 31.2. The second-order valence-electron chi connectivity index (χ2n) is 13.2. The van der Waals surface area contributed by atoms with Gasteiger partial charge in [0.25, 0.3) is 5.91 Å². The van der Waals surface area contributed by atoms with Crippen molar-refractivity contribution in [2.45, 2.75) is 97.4 Å². The summed E-state index contributed by atoms with van der Waals surface area (Å²) in [6, 6.07) is -2.86. The Kier molecular flexibility index (Phi) is 10.5. The lowest BCUT2D eigenvalue weighted by molar-refractivity contribution is -0.142. The molecule has 1 aliphatic carbocycles. The van der Waals surface area contributed by atoms with Gasteiger partial charge in [-0.05, 0) is 44.9 Å². The summed E-state index contributed by atoms with van der Waals surface area (Å²) >= 11 is 0. The van der Waals surface area contributed by atoms with E-state index in [0.29, 0.717) is 0 Å². The Morgan fingerprint density at radius 3 is 2.17 bits per heavy atom. The Morgan fingerprint density at radius 1 is 0.952 bits per heavy atom. The van der Waals surface area contributed by atoms with Crippen LogP contribution in [-0.4, -0.2) is 86.6 Å². The molecule has 1 aromatic rings. The average Bonchev–Trinajstić information content (AvgIpc) is 3.33. The van der Waals surface area contributed by atoms with E-state index in [4.69, 9.17) is 4.74 Å². The van der Waals surface area contributed by atoms with Crippen LogP contribution in [0.1, 0.15) is 84.1 Å². The summed E-state index contributed by atoms with van der Waals surface area (Å²) in [5, 5.41) is 18.2. The molecule has 2 aliphatic rings. The summed E-state index contributed by atoms with van der Waals surface area (Å²) < 4.78 is 5.39. The highest BCUT2D eigenvalue weighted by atomic mass is 16.6. The molecule has 4 atom stereocenters. The summed E-state index contributed by atoms with van der Waals surface area (Å²) in [4.78, 5) is 74.2. The van der Waals surface area contributed by atoms with E-state index in [0.717, 1.165) is 32.1 Å². The highest BCUT2D eigenvalue weighted by Crippen LogP contribution is 2.28. The molecule has 1 saturated carbocycles. The van der Waals surface area contributed by atoms with Crippen LogP contribution in [0.5, 0.6) is 0 Å². The molecule has 0 bridgehead atoms. The summed E-state index contributed by atoms with van der Waals surface area (Å²) in [7, 11) is 0. The van der Waals surface area contributed by atoms with Gasteiger partial charge in [-0.15, -0.1) is 0 Å². The third kappa shape index (κ3) is 8.86. The Balaban J connectivity index is 1.78. The van der Waals surface area contributed by atoms with Gasteiger partial charge in [0.2, 0.25) is 11.8 Å². The zero-order valence-electron chi connectivity index (χ0n) is 25.3. The van der Waals surface area contributed by atoms with Crippen molar-refractivity contribution in [1.82, 2.24) is 30.8 Å². The highest BCUT2D eigenvalue weighted by molar-refractivity contribution is 5.97. The fourth-order valence-electron chi connectivity index (χ4n) is 5.35. The van der Waals surface area contributed by atoms with Crippen molar-refractivity contribution >= 4 is 29.8 Å². The molecule has 1 aliphatic heterocycles. The van der Waals surface area contributed by atoms with Crippen LogP contribution < -0.4 is 16.0 Å². The van der Waals surface area contributed by atoms with Crippen molar-refractivity contribution in [3.05, 3.63) is 24.3 Å². The molecule has 0 radical (unpaired) electrons. The first-order chi connectivity index (χ1) is 19.6. The minimum Gasteiger partial charge on any atom is -0.481 e. The van der Waals surface area contributed by atoms with E-state index in [-0.39, 0.29) is 24.7 Å². The van der Waals surface area contributed by atoms with E-state index in [1.54, 1.807) is 41.5 Å². The number of nitrogens with zero attached hydrogens (tertiary/aromatic N) is 3. The molecule has 4 amide bonds. The third-order valence-corrected chi connectivity index (χ3v) is 7.52. The molecule has 3 rings (SSSR count). The molecule has 2 heterocycles. The Bertz CT molecular complexity index is 1140. The van der Waals surface area contributed by atoms with Gasteiger partial charge in [-0.2, -0.15) is 0 Å². The number of carboxylic acid groups (broad SMARTS) is 1. The lowest BCUT2D eigenvalue weighted by atomic mass is 9.82. The fraction of sp³-hybridized carbons (Fsp3) is 0.690. The SMILES string of the molecule is CC(C)(C)OC(=O)N1CC(NC(=O)C(NC(=O)C(NC(=O)c2cnccn2)C2CCCCC2)C(C)(C)C)C(C(=O)O)C1. The van der Waals surface area contributed by atoms with Gasteiger partial charge < -0.3 is 30.7 Å². The number of nitrogens with one attached hydrogen (secondary N) is 3. The second-order valence-corrected chi connectivity index (χ2v) is 13.2. The average molecular weight is 589 g/mol. The third-order valence-electron chi connectivity index (χ3n) is 7.52. The highest BCUT2D eigenvalue weighted by Gasteiger charge is 2.44. The predicted molar refractivity (Wildman–Crippen MR) is 152 cm³/mol. The van der Waals surface area contributed by atoms with Crippen LogP contribution >= 0.6 is 0 Å². The van der Waals surface area contributed by atoms with E-state index in [9.17, 15) is 29.1 Å². The monoisotopic (exact) mass is 588 g/mol. The lowest BCUT2D eigenvalue weighted by Crippen LogP contribution is -2.61. The van der Waals surface area contributed by atoms with Crippen molar-refractivity contribution in [2.24, 2.45) is 17.3 Å². The first-order valence-electron chi connectivity index (χ1n) is 14.4. The molecule has 0 aromatic carbocycles. The van der Waals surface area contributed by atoms with Gasteiger partial charge >= 0.3 is 12.1 Å². The molecule has 1 saturated heterocycles. The first-order valence-corrected chi connectivity index (χ1v) is 14.4. The molecule has 1 aromatic heterocycles. The summed E-state index contributed by atoms with van der Waals surface area (Å²) in [6.07, 6.45) is 7.86. The molecular weight excluding hydrogens is 544 g/mol. The van der Waals surface area contributed by atoms with E-state index in [2.05, 4.69) is 25.9 Å². The van der Waals surface area contributed by atoms with Crippen LogP contribution in [0.2, 0.25) is 0 Å². The van der Waals surface area contributed by atoms with E-state index in [1.165, 1.54) is 23.5 Å². The number of ether oxygens (including phenoxy) is 1. The van der Waals surface area contributed by atoms with Crippen molar-refractivity contribution in [3.8, 4) is 0 Å². The van der Waals surface area contributed by atoms with Gasteiger partial charge in [0, 0.05) is 25.5 Å². The van der Waals surface area contributed by atoms with Crippen molar-refractivity contribution in [3.63, 3.8) is 0 Å². The van der Waals surface area contributed by atoms with Crippen LogP contribution in [0.25, 0.3) is 0 Å². The van der Waals surface area contributed by atoms with E-state index < -0.39 is 64.8 Å². The van der Waals surface area contributed by atoms with Gasteiger partial charge in [0.1, 0.15) is 23.4 Å². The van der Waals surface area contributed by atoms with Crippen molar-refractivity contribution < 1.29 is 33.8 Å². The van der Waals surface area contributed by atoms with Gasteiger partial charge in [0.15, 0.2) is 0 Å². The summed E-state index contributed by atoms with van der Waals surface area (Å²) in [5.41, 5.74) is -1.46. The number of likely N-dealkylation sites (tertiary alicyclic amines) is 1. The normalized spacial score (nSPS) is 21.1. The molecule has 42 heavy (non-hydrogen) atoms. The topological polar surface area (TPSA) is 180 Å². The molecule has 4 N–H and O–H groups in total. The molecule has 13 heteroatoms. The number of carbonyl (C=O) groups is 5. The minimum atomic E-state index is -1.16. The Hall–Kier alpha value is -3.77. The van der Waals surface area contributed by atoms with Gasteiger partial charge in [-0.25, -0.2) is 9.78 Å². The minimum absolute atomic E-state index is 0.0543. The number of hydrogen-bond acceptors (Lipinski definition) is 8. The number of amides is 4. The maximum absolute atomic E-state index is 13.7. The van der Waals surface area contributed by atoms with Crippen molar-refractivity contribution in [1.29, 1.82) is 0 Å². The smallest absolute Gasteiger partial charge is 0.410 e. The van der Waals surface area contributed by atoms with Crippen LogP contribution in [0.15, 0.2) is 18.6 Å². The molecule has 13 nitrogen and oxygen atoms in total. The number of rotatable bonds is 8. The van der Waals surface area contributed by atoms with Crippen molar-refractivity contribution in [2.75, 3.05) is 13.1 Å². The summed E-state index contributed by atoms with van der Waals surface area (Å²) in [5.74, 6) is -3.97. The summed E-state index contributed by atoms with van der Waals surface area (Å²) in [6.45, 7) is 10.3.